The number of likely N-dealkylation sites (tertiary alicyclic amines) is 1. The molecular formula is C19H26N4O3S2. The van der Waals surface area contributed by atoms with Gasteiger partial charge in [-0.1, -0.05) is 6.92 Å². The highest BCUT2D eigenvalue weighted by Gasteiger charge is 2.33. The van der Waals surface area contributed by atoms with Gasteiger partial charge < -0.3 is 15.1 Å². The molecule has 7 nitrogen and oxygen atoms in total. The van der Waals surface area contributed by atoms with Gasteiger partial charge in [0.25, 0.3) is 15.9 Å². The van der Waals surface area contributed by atoms with E-state index in [-0.39, 0.29) is 11.7 Å². The van der Waals surface area contributed by atoms with Crippen LogP contribution in [-0.4, -0.2) is 62.9 Å². The smallest absolute Gasteiger partial charge is 0.257 e. The molecule has 3 aliphatic rings. The maximum absolute atomic E-state index is 12.5. The van der Waals surface area contributed by atoms with Gasteiger partial charge in [-0.3, -0.25) is 4.79 Å². The number of anilines is 1. The van der Waals surface area contributed by atoms with Gasteiger partial charge in [0.05, 0.1) is 11.4 Å². The summed E-state index contributed by atoms with van der Waals surface area (Å²) in [6.07, 6.45) is 3.48. The molecule has 28 heavy (non-hydrogen) atoms. The third-order valence-electron chi connectivity index (χ3n) is 5.55. The van der Waals surface area contributed by atoms with Gasteiger partial charge in [-0.15, -0.1) is 4.40 Å². The van der Waals surface area contributed by atoms with Gasteiger partial charge in [-0.05, 0) is 74.8 Å². The lowest BCUT2D eigenvalue weighted by atomic mass is 9.99. The van der Waals surface area contributed by atoms with Crippen LogP contribution in [0.1, 0.15) is 36.5 Å². The Morgan fingerprint density at radius 3 is 2.86 bits per heavy atom. The van der Waals surface area contributed by atoms with Crippen molar-refractivity contribution < 1.29 is 13.2 Å². The van der Waals surface area contributed by atoms with Crippen LogP contribution in [0.5, 0.6) is 0 Å². The average molecular weight is 423 g/mol. The largest absolute Gasteiger partial charge is 0.352 e. The number of thioether (sulfide) groups is 1. The minimum atomic E-state index is -3.37. The minimum Gasteiger partial charge on any atom is -0.352 e. The molecule has 1 saturated heterocycles. The lowest BCUT2D eigenvalue weighted by molar-refractivity contribution is 0.0950. The van der Waals surface area contributed by atoms with Crippen LogP contribution in [0.3, 0.4) is 0 Å². The van der Waals surface area contributed by atoms with Crippen molar-refractivity contribution >= 4 is 38.5 Å². The summed E-state index contributed by atoms with van der Waals surface area (Å²) < 4.78 is 27.3. The number of nitrogens with one attached hydrogen (secondary N) is 1. The van der Waals surface area contributed by atoms with Crippen molar-refractivity contribution in [2.75, 3.05) is 43.4 Å². The molecule has 1 fully saturated rings. The van der Waals surface area contributed by atoms with Crippen LogP contribution in [0.15, 0.2) is 27.5 Å². The maximum atomic E-state index is 12.5. The molecule has 3 heterocycles. The van der Waals surface area contributed by atoms with Gasteiger partial charge in [0.2, 0.25) is 0 Å². The number of rotatable bonds is 5. The molecule has 0 unspecified atom stereocenters. The monoisotopic (exact) mass is 422 g/mol. The topological polar surface area (TPSA) is 82.1 Å². The number of amidine groups is 1. The van der Waals surface area contributed by atoms with Crippen LogP contribution in [-0.2, 0) is 10.0 Å². The second kappa shape index (κ2) is 8.04. The Kier molecular flexibility index (Phi) is 5.66. The van der Waals surface area contributed by atoms with E-state index in [1.54, 1.807) is 6.07 Å². The fourth-order valence-electron chi connectivity index (χ4n) is 3.76. The Labute approximate surface area is 170 Å². The van der Waals surface area contributed by atoms with Crippen LogP contribution in [0.25, 0.3) is 0 Å². The predicted octanol–water partition coefficient (Wildman–Crippen LogP) is 2.15. The van der Waals surface area contributed by atoms with E-state index in [4.69, 9.17) is 0 Å². The quantitative estimate of drug-likeness (QED) is 0.732. The molecule has 1 aromatic rings. The van der Waals surface area contributed by atoms with Gasteiger partial charge in [0.1, 0.15) is 0 Å². The summed E-state index contributed by atoms with van der Waals surface area (Å²) >= 11 is 1.31. The molecule has 3 aliphatic heterocycles. The van der Waals surface area contributed by atoms with E-state index in [9.17, 15) is 13.2 Å². The van der Waals surface area contributed by atoms with Crippen LogP contribution >= 0.6 is 11.8 Å². The number of nitrogens with zero attached hydrogens (tertiary/aromatic N) is 3. The zero-order chi connectivity index (χ0) is 19.7. The molecule has 0 bridgehead atoms. The molecule has 9 heteroatoms. The van der Waals surface area contributed by atoms with Crippen LogP contribution in [0, 0.1) is 5.92 Å². The van der Waals surface area contributed by atoms with Crippen LogP contribution in [0.2, 0.25) is 0 Å². The van der Waals surface area contributed by atoms with E-state index in [1.807, 2.05) is 17.0 Å². The summed E-state index contributed by atoms with van der Waals surface area (Å²) in [6, 6.07) is 5.51. The Bertz CT molecular complexity index is 892. The zero-order valence-electron chi connectivity index (χ0n) is 16.1. The zero-order valence-corrected chi connectivity index (χ0v) is 17.7. The highest BCUT2D eigenvalue weighted by Crippen LogP contribution is 2.42. The van der Waals surface area contributed by atoms with E-state index >= 15 is 0 Å². The van der Waals surface area contributed by atoms with Gasteiger partial charge in [-0.25, -0.2) is 8.42 Å². The molecule has 0 aromatic heterocycles. The normalized spacial score (nSPS) is 21.8. The molecular weight excluding hydrogens is 396 g/mol. The van der Waals surface area contributed by atoms with E-state index in [0.29, 0.717) is 23.8 Å². The van der Waals surface area contributed by atoms with Crippen molar-refractivity contribution in [2.24, 2.45) is 10.3 Å². The van der Waals surface area contributed by atoms with Gasteiger partial charge in [0, 0.05) is 23.5 Å². The predicted molar refractivity (Wildman–Crippen MR) is 113 cm³/mol. The van der Waals surface area contributed by atoms with Crippen LogP contribution < -0.4 is 10.2 Å². The highest BCUT2D eigenvalue weighted by molar-refractivity contribution is 8.15. The molecule has 0 aliphatic carbocycles. The van der Waals surface area contributed by atoms with Gasteiger partial charge >= 0.3 is 0 Å². The van der Waals surface area contributed by atoms with Crippen molar-refractivity contribution in [3.63, 3.8) is 0 Å². The van der Waals surface area contributed by atoms with Crippen molar-refractivity contribution in [2.45, 2.75) is 31.1 Å². The second-order valence-corrected chi connectivity index (χ2v) is 10.5. The molecule has 4 rings (SSSR count). The summed E-state index contributed by atoms with van der Waals surface area (Å²) in [5.74, 6) is 0.768. The summed E-state index contributed by atoms with van der Waals surface area (Å²) in [4.78, 5) is 17.7. The first kappa shape index (κ1) is 19.7. The lowest BCUT2D eigenvalue weighted by Crippen LogP contribution is -2.35. The number of hydrogen-bond donors (Lipinski definition) is 1. The summed E-state index contributed by atoms with van der Waals surface area (Å²) in [7, 11) is -3.37. The number of sulfonamides is 1. The number of piperidine rings is 1. The van der Waals surface area contributed by atoms with Crippen molar-refractivity contribution in [3.8, 4) is 0 Å². The minimum absolute atomic E-state index is 0.0225. The van der Waals surface area contributed by atoms with E-state index in [1.165, 1.54) is 24.6 Å². The van der Waals surface area contributed by atoms with E-state index in [0.717, 1.165) is 42.6 Å². The number of carbonyl (C=O) groups excluding carboxylic acids is 1. The Balaban J connectivity index is 1.31. The second-order valence-electron chi connectivity index (χ2n) is 7.73. The number of benzene rings is 1. The highest BCUT2D eigenvalue weighted by atomic mass is 32.2. The number of fused-ring (bicyclic) bond motifs is 3. The molecule has 1 amide bonds. The summed E-state index contributed by atoms with van der Waals surface area (Å²) in [6.45, 7) is 6.72. The summed E-state index contributed by atoms with van der Waals surface area (Å²) in [5.41, 5.74) is 1.52. The molecule has 0 radical (unpaired) electrons. The fraction of sp³-hybridized carbons (Fsp3) is 0.579. The molecule has 0 spiro atoms. The standard InChI is InChI=1S/C19H26N4O3S2/c1-14-5-9-22(10-6-14)8-2-7-20-18(24)15-3-4-16-17(13-15)27-19-21-28(25,26)12-11-23(16)19/h3-4,13-14H,2,5-12H2,1H3,(H,20,24). The number of hydrogen-bond acceptors (Lipinski definition) is 6. The molecule has 1 N–H and O–H groups in total. The first-order valence-electron chi connectivity index (χ1n) is 9.84. The van der Waals surface area contributed by atoms with Gasteiger partial charge in [0.15, 0.2) is 5.17 Å². The molecule has 152 valence electrons. The first-order valence-corrected chi connectivity index (χ1v) is 12.3. The number of amides is 1. The van der Waals surface area contributed by atoms with Gasteiger partial charge in [-0.2, -0.15) is 0 Å². The van der Waals surface area contributed by atoms with Crippen LogP contribution in [0.4, 0.5) is 5.69 Å². The third-order valence-corrected chi connectivity index (χ3v) is 7.85. The Morgan fingerprint density at radius 2 is 2.07 bits per heavy atom. The molecule has 0 saturated carbocycles. The third kappa shape index (κ3) is 4.36. The summed E-state index contributed by atoms with van der Waals surface area (Å²) in [5, 5.41) is 3.48. The lowest BCUT2D eigenvalue weighted by Gasteiger charge is -2.30. The van der Waals surface area contributed by atoms with E-state index in [2.05, 4.69) is 21.5 Å². The van der Waals surface area contributed by atoms with Crippen molar-refractivity contribution in [3.05, 3.63) is 23.8 Å². The molecule has 1 aromatic carbocycles. The Morgan fingerprint density at radius 1 is 1.29 bits per heavy atom. The molecule has 0 atom stereocenters. The fourth-order valence-corrected chi connectivity index (χ4v) is 6.06. The van der Waals surface area contributed by atoms with E-state index < -0.39 is 10.0 Å². The first-order chi connectivity index (χ1) is 13.4. The number of carbonyl (C=O) groups is 1. The van der Waals surface area contributed by atoms with Crippen molar-refractivity contribution in [1.82, 2.24) is 10.2 Å². The van der Waals surface area contributed by atoms with Crippen molar-refractivity contribution in [1.29, 1.82) is 0 Å². The Hall–Kier alpha value is -1.58. The SMILES string of the molecule is CC1CCN(CCCNC(=O)c2ccc3c(c2)SC2=NS(=O)(=O)CCN23)CC1. The average Bonchev–Trinajstić information content (AvgIpc) is 3.01. The maximum Gasteiger partial charge on any atom is 0.257 e.